The van der Waals surface area contributed by atoms with Gasteiger partial charge in [-0.25, -0.2) is 4.68 Å². The lowest BCUT2D eigenvalue weighted by Crippen LogP contribution is -2.01. The Morgan fingerprint density at radius 2 is 1.82 bits per heavy atom. The van der Waals surface area contributed by atoms with Crippen molar-refractivity contribution >= 4 is 27.5 Å². The largest absolute Gasteiger partial charge is 0.314 e. The van der Waals surface area contributed by atoms with E-state index in [9.17, 15) is 0 Å². The smallest absolute Gasteiger partial charge is 0.124 e. The van der Waals surface area contributed by atoms with Crippen LogP contribution in [0.25, 0.3) is 27.5 Å². The highest BCUT2D eigenvalue weighted by Crippen LogP contribution is 2.28. The first-order chi connectivity index (χ1) is 10.9. The average Bonchev–Trinajstić information content (AvgIpc) is 3.18. The van der Waals surface area contributed by atoms with Crippen LogP contribution in [0.1, 0.15) is 32.6 Å². The van der Waals surface area contributed by atoms with Crippen LogP contribution in [0.3, 0.4) is 0 Å². The Morgan fingerprint density at radius 1 is 0.955 bits per heavy atom. The molecule has 4 aromatic rings. The lowest BCUT2D eigenvalue weighted by molar-refractivity contribution is 0.540. The predicted octanol–water partition coefficient (Wildman–Crippen LogP) is 4.42. The van der Waals surface area contributed by atoms with Crippen LogP contribution in [0.15, 0.2) is 42.6 Å². The van der Waals surface area contributed by atoms with Crippen molar-refractivity contribution in [3.8, 4) is 0 Å². The molecule has 3 heterocycles. The van der Waals surface area contributed by atoms with Crippen LogP contribution in [-0.2, 0) is 6.54 Å². The normalized spacial score (nSPS) is 11.9. The second-order valence-electron chi connectivity index (χ2n) is 5.85. The Labute approximate surface area is 129 Å². The van der Waals surface area contributed by atoms with Gasteiger partial charge in [-0.3, -0.25) is 0 Å². The molecule has 0 radical (unpaired) electrons. The molecule has 4 nitrogen and oxygen atoms in total. The van der Waals surface area contributed by atoms with E-state index in [4.69, 9.17) is 0 Å². The molecule has 1 aromatic carbocycles. The van der Waals surface area contributed by atoms with E-state index in [-0.39, 0.29) is 0 Å². The first-order valence-electron chi connectivity index (χ1n) is 8.11. The van der Waals surface area contributed by atoms with E-state index in [0.29, 0.717) is 0 Å². The van der Waals surface area contributed by atoms with Gasteiger partial charge in [0.05, 0.1) is 11.0 Å². The Bertz CT molecular complexity index is 932. The van der Waals surface area contributed by atoms with Crippen LogP contribution < -0.4 is 0 Å². The fraction of sp³-hybridized carbons (Fsp3) is 0.333. The number of hydrogen-bond donors (Lipinski definition) is 0. The summed E-state index contributed by atoms with van der Waals surface area (Å²) in [4.78, 5) is 0. The molecule has 0 unspecified atom stereocenters. The number of para-hydroxylation sites is 1. The van der Waals surface area contributed by atoms with Gasteiger partial charge in [-0.05, 0) is 24.6 Å². The van der Waals surface area contributed by atoms with E-state index < -0.39 is 0 Å². The van der Waals surface area contributed by atoms with E-state index in [1.54, 1.807) is 0 Å². The molecule has 0 amide bonds. The molecule has 0 saturated carbocycles. The molecule has 0 fully saturated rings. The molecule has 0 aliphatic carbocycles. The Balaban J connectivity index is 1.90. The van der Waals surface area contributed by atoms with Crippen molar-refractivity contribution in [3.63, 3.8) is 0 Å². The lowest BCUT2D eigenvalue weighted by atomic mass is 10.1. The zero-order valence-electron chi connectivity index (χ0n) is 12.9. The third kappa shape index (κ3) is 1.98. The number of pyridine rings is 1. The van der Waals surface area contributed by atoms with Crippen molar-refractivity contribution in [3.05, 3.63) is 42.6 Å². The van der Waals surface area contributed by atoms with Crippen LogP contribution in [0.4, 0.5) is 0 Å². The quantitative estimate of drug-likeness (QED) is 0.510. The second-order valence-corrected chi connectivity index (χ2v) is 5.85. The van der Waals surface area contributed by atoms with E-state index in [1.807, 2.05) is 0 Å². The predicted molar refractivity (Wildman–Crippen MR) is 90.1 cm³/mol. The van der Waals surface area contributed by atoms with Gasteiger partial charge in [-0.15, -0.1) is 5.10 Å². The van der Waals surface area contributed by atoms with Crippen LogP contribution in [0.2, 0.25) is 0 Å². The first kappa shape index (κ1) is 13.3. The summed E-state index contributed by atoms with van der Waals surface area (Å²) in [7, 11) is 0. The summed E-state index contributed by atoms with van der Waals surface area (Å²) >= 11 is 0. The van der Waals surface area contributed by atoms with Gasteiger partial charge in [-0.1, -0.05) is 49.6 Å². The summed E-state index contributed by atoms with van der Waals surface area (Å²) in [6.07, 6.45) is 7.07. The topological polar surface area (TPSA) is 35.1 Å². The van der Waals surface area contributed by atoms with E-state index in [0.717, 1.165) is 24.0 Å². The molecule has 4 rings (SSSR count). The number of fused-ring (bicyclic) bond motifs is 6. The molecule has 22 heavy (non-hydrogen) atoms. The summed E-state index contributed by atoms with van der Waals surface area (Å²) in [6, 6.07) is 12.7. The summed E-state index contributed by atoms with van der Waals surface area (Å²) in [5, 5.41) is 10.1. The van der Waals surface area contributed by atoms with E-state index >= 15 is 0 Å². The van der Waals surface area contributed by atoms with Crippen molar-refractivity contribution < 1.29 is 0 Å². The Morgan fingerprint density at radius 3 is 2.73 bits per heavy atom. The van der Waals surface area contributed by atoms with Crippen molar-refractivity contribution in [2.45, 2.75) is 39.2 Å². The van der Waals surface area contributed by atoms with Gasteiger partial charge in [0.25, 0.3) is 0 Å². The average molecular weight is 292 g/mol. The number of benzene rings is 1. The zero-order chi connectivity index (χ0) is 14.9. The van der Waals surface area contributed by atoms with Gasteiger partial charge in [0, 0.05) is 18.1 Å². The maximum atomic E-state index is 4.48. The lowest BCUT2D eigenvalue weighted by Gasteiger charge is -2.07. The SMILES string of the molecule is CCCCCCn1nnc2c3ccccc3n3cccc3c21. The molecule has 4 heteroatoms. The van der Waals surface area contributed by atoms with Gasteiger partial charge in [0.15, 0.2) is 0 Å². The minimum Gasteiger partial charge on any atom is -0.314 e. The fourth-order valence-electron chi connectivity index (χ4n) is 3.26. The van der Waals surface area contributed by atoms with Crippen molar-refractivity contribution in [2.75, 3.05) is 0 Å². The number of aromatic nitrogens is 4. The molecule has 3 aromatic heterocycles. The minimum atomic E-state index is 0.940. The van der Waals surface area contributed by atoms with Crippen LogP contribution in [0, 0.1) is 0 Å². The monoisotopic (exact) mass is 292 g/mol. The van der Waals surface area contributed by atoms with Crippen molar-refractivity contribution in [1.82, 2.24) is 19.4 Å². The molecule has 112 valence electrons. The van der Waals surface area contributed by atoms with Gasteiger partial charge in [-0.2, -0.15) is 0 Å². The number of hydrogen-bond acceptors (Lipinski definition) is 2. The van der Waals surface area contributed by atoms with Crippen LogP contribution in [-0.4, -0.2) is 19.4 Å². The molecule has 0 aliphatic heterocycles. The van der Waals surface area contributed by atoms with E-state index in [2.05, 4.69) is 68.9 Å². The van der Waals surface area contributed by atoms with Crippen LogP contribution >= 0.6 is 0 Å². The molecule has 0 saturated heterocycles. The third-order valence-corrected chi connectivity index (χ3v) is 4.37. The summed E-state index contributed by atoms with van der Waals surface area (Å²) in [6.45, 7) is 3.18. The molecule has 0 atom stereocenters. The maximum Gasteiger partial charge on any atom is 0.124 e. The van der Waals surface area contributed by atoms with Gasteiger partial charge < -0.3 is 4.40 Å². The first-order valence-corrected chi connectivity index (χ1v) is 8.11. The van der Waals surface area contributed by atoms with E-state index in [1.165, 1.54) is 35.7 Å². The zero-order valence-corrected chi connectivity index (χ0v) is 12.9. The van der Waals surface area contributed by atoms with Crippen LogP contribution in [0.5, 0.6) is 0 Å². The minimum absolute atomic E-state index is 0.940. The Hall–Kier alpha value is -2.36. The molecule has 0 spiro atoms. The Kier molecular flexibility index (Phi) is 3.29. The molecular weight excluding hydrogens is 272 g/mol. The van der Waals surface area contributed by atoms with Crippen molar-refractivity contribution in [1.29, 1.82) is 0 Å². The molecular formula is C18H20N4. The van der Waals surface area contributed by atoms with Gasteiger partial charge in [0.2, 0.25) is 0 Å². The highest BCUT2D eigenvalue weighted by molar-refractivity contribution is 6.08. The summed E-state index contributed by atoms with van der Waals surface area (Å²) < 4.78 is 4.32. The number of rotatable bonds is 5. The van der Waals surface area contributed by atoms with Gasteiger partial charge in [0.1, 0.15) is 11.0 Å². The van der Waals surface area contributed by atoms with Crippen molar-refractivity contribution in [2.24, 2.45) is 0 Å². The highest BCUT2D eigenvalue weighted by atomic mass is 15.4. The van der Waals surface area contributed by atoms with Gasteiger partial charge >= 0.3 is 0 Å². The molecule has 0 N–H and O–H groups in total. The fourth-order valence-corrected chi connectivity index (χ4v) is 3.26. The summed E-state index contributed by atoms with van der Waals surface area (Å²) in [5.41, 5.74) is 4.54. The number of aryl methyl sites for hydroxylation is 1. The number of nitrogens with zero attached hydrogens (tertiary/aromatic N) is 4. The molecule has 0 bridgehead atoms. The highest BCUT2D eigenvalue weighted by Gasteiger charge is 2.13. The standard InChI is InChI=1S/C18H20N4/c1-2-3-4-7-13-22-18-16-11-8-12-21(16)15-10-6-5-9-14(15)17(18)19-20-22/h5-6,8-12H,2-4,7,13H2,1H3. The number of unbranched alkanes of at least 4 members (excludes halogenated alkanes) is 3. The molecule has 0 aliphatic rings. The second kappa shape index (κ2) is 5.44. The third-order valence-electron chi connectivity index (χ3n) is 4.37. The maximum absolute atomic E-state index is 4.48. The summed E-state index contributed by atoms with van der Waals surface area (Å²) in [5.74, 6) is 0.